The first-order valence-electron chi connectivity index (χ1n) is 19.5. The van der Waals surface area contributed by atoms with Crippen LogP contribution in [0.2, 0.25) is 0 Å². The highest BCUT2D eigenvalue weighted by Gasteiger charge is 2.15. The van der Waals surface area contributed by atoms with Gasteiger partial charge in [0.25, 0.3) is 0 Å². The second-order valence-electron chi connectivity index (χ2n) is 13.4. The zero-order valence-electron chi connectivity index (χ0n) is 29.2. The van der Waals surface area contributed by atoms with E-state index in [4.69, 9.17) is 0 Å². The smallest absolute Gasteiger partial charge is 0.0110 e. The summed E-state index contributed by atoms with van der Waals surface area (Å²) in [4.78, 5) is 5.47. The molecule has 1 saturated heterocycles. The maximum Gasteiger partial charge on any atom is 0.0110 e. The normalized spacial score (nSPS) is 14.7. The van der Waals surface area contributed by atoms with Crippen LogP contribution in [0.25, 0.3) is 0 Å². The van der Waals surface area contributed by atoms with Gasteiger partial charge in [0.2, 0.25) is 0 Å². The average Bonchev–Trinajstić information content (AvgIpc) is 3.01. The molecule has 0 aromatic carbocycles. The Balaban J connectivity index is 1.73. The van der Waals surface area contributed by atoms with Gasteiger partial charge in [0.1, 0.15) is 0 Å². The van der Waals surface area contributed by atoms with Crippen molar-refractivity contribution in [2.75, 3.05) is 62.3 Å². The number of rotatable bonds is 34. The molecule has 0 aliphatic carbocycles. The van der Waals surface area contributed by atoms with Crippen LogP contribution in [0.5, 0.6) is 0 Å². The molecule has 0 radical (unpaired) electrons. The van der Waals surface area contributed by atoms with Crippen molar-refractivity contribution in [1.82, 2.24) is 9.80 Å². The summed E-state index contributed by atoms with van der Waals surface area (Å²) in [5.41, 5.74) is 0. The van der Waals surface area contributed by atoms with Gasteiger partial charge in [0.15, 0.2) is 0 Å². The summed E-state index contributed by atoms with van der Waals surface area (Å²) < 4.78 is 0. The SMILES string of the molecule is CCCCCCCCCCCSCCCCCCN1CCN(CCCCCCSCCCCCCCCCCC)CC1. The minimum absolute atomic E-state index is 1.31. The largest absolute Gasteiger partial charge is 0.301 e. The number of hydrogen-bond donors (Lipinski definition) is 0. The van der Waals surface area contributed by atoms with Gasteiger partial charge in [-0.1, -0.05) is 142 Å². The highest BCUT2D eigenvalue weighted by Crippen LogP contribution is 2.16. The fourth-order valence-electron chi connectivity index (χ4n) is 6.26. The molecule has 1 aliphatic heterocycles. The monoisotopic (exact) mass is 627 g/mol. The molecule has 252 valence electrons. The Bertz CT molecular complexity index is 451. The van der Waals surface area contributed by atoms with Crippen molar-refractivity contribution < 1.29 is 0 Å². The number of piperazine rings is 1. The van der Waals surface area contributed by atoms with E-state index in [-0.39, 0.29) is 0 Å². The molecular formula is C38H78N2S2. The summed E-state index contributed by atoms with van der Waals surface area (Å²) in [6.45, 7) is 12.5. The van der Waals surface area contributed by atoms with Crippen molar-refractivity contribution in [3.8, 4) is 0 Å². The van der Waals surface area contributed by atoms with Crippen LogP contribution in [0.4, 0.5) is 0 Å². The predicted molar refractivity (Wildman–Crippen MR) is 199 cm³/mol. The fourth-order valence-corrected chi connectivity index (χ4v) is 8.30. The van der Waals surface area contributed by atoms with Crippen molar-refractivity contribution in [2.45, 2.75) is 181 Å². The molecule has 2 nitrogen and oxygen atoms in total. The van der Waals surface area contributed by atoms with Crippen molar-refractivity contribution in [3.05, 3.63) is 0 Å². The third-order valence-corrected chi connectivity index (χ3v) is 11.6. The summed E-state index contributed by atoms with van der Waals surface area (Å²) >= 11 is 4.43. The highest BCUT2D eigenvalue weighted by molar-refractivity contribution is 7.99. The topological polar surface area (TPSA) is 6.48 Å². The number of nitrogens with zero attached hydrogens (tertiary/aromatic N) is 2. The van der Waals surface area contributed by atoms with Gasteiger partial charge in [0, 0.05) is 26.2 Å². The molecule has 1 rings (SSSR count). The van der Waals surface area contributed by atoms with E-state index in [1.807, 2.05) is 0 Å². The highest BCUT2D eigenvalue weighted by atomic mass is 32.2. The van der Waals surface area contributed by atoms with Crippen LogP contribution in [0.1, 0.15) is 181 Å². The molecule has 0 saturated carbocycles. The van der Waals surface area contributed by atoms with Crippen LogP contribution < -0.4 is 0 Å². The van der Waals surface area contributed by atoms with Crippen molar-refractivity contribution >= 4 is 23.5 Å². The molecule has 0 aromatic heterocycles. The van der Waals surface area contributed by atoms with Gasteiger partial charge in [-0.2, -0.15) is 23.5 Å². The van der Waals surface area contributed by atoms with Crippen LogP contribution in [0.3, 0.4) is 0 Å². The minimum atomic E-state index is 1.31. The number of thioether (sulfide) groups is 2. The van der Waals surface area contributed by atoms with Gasteiger partial charge in [-0.3, -0.25) is 0 Å². The summed E-state index contributed by atoms with van der Waals surface area (Å²) in [5.74, 6) is 5.60. The van der Waals surface area contributed by atoms with E-state index in [1.54, 1.807) is 0 Å². The lowest BCUT2D eigenvalue weighted by Crippen LogP contribution is -2.46. The van der Waals surface area contributed by atoms with E-state index < -0.39 is 0 Å². The molecule has 1 heterocycles. The fraction of sp³-hybridized carbons (Fsp3) is 1.00. The molecule has 0 unspecified atom stereocenters. The predicted octanol–water partition coefficient (Wildman–Crippen LogP) is 12.3. The van der Waals surface area contributed by atoms with Crippen LogP contribution in [-0.2, 0) is 0 Å². The molecule has 0 N–H and O–H groups in total. The second-order valence-corrected chi connectivity index (χ2v) is 15.8. The van der Waals surface area contributed by atoms with Crippen LogP contribution in [0.15, 0.2) is 0 Å². The van der Waals surface area contributed by atoms with Crippen molar-refractivity contribution in [1.29, 1.82) is 0 Å². The zero-order valence-corrected chi connectivity index (χ0v) is 30.8. The summed E-state index contributed by atoms with van der Waals surface area (Å²) in [5, 5.41) is 0. The Labute approximate surface area is 275 Å². The number of unbranched alkanes of at least 4 members (excludes halogenated alkanes) is 22. The maximum atomic E-state index is 2.74. The molecule has 0 atom stereocenters. The summed E-state index contributed by atoms with van der Waals surface area (Å²) in [6, 6.07) is 0. The molecule has 0 amide bonds. The Morgan fingerprint density at radius 3 is 0.833 bits per heavy atom. The van der Waals surface area contributed by atoms with E-state index in [9.17, 15) is 0 Å². The van der Waals surface area contributed by atoms with Gasteiger partial charge in [-0.15, -0.1) is 0 Å². The third kappa shape index (κ3) is 29.3. The van der Waals surface area contributed by atoms with Gasteiger partial charge in [0.05, 0.1) is 0 Å². The summed E-state index contributed by atoms with van der Waals surface area (Å²) in [6.07, 6.45) is 37.6. The maximum absolute atomic E-state index is 2.74. The Morgan fingerprint density at radius 1 is 0.310 bits per heavy atom. The van der Waals surface area contributed by atoms with Crippen molar-refractivity contribution in [2.24, 2.45) is 0 Å². The molecule has 1 fully saturated rings. The Hall–Kier alpha value is 0.620. The summed E-state index contributed by atoms with van der Waals surface area (Å²) in [7, 11) is 0. The average molecular weight is 627 g/mol. The molecule has 0 spiro atoms. The Morgan fingerprint density at radius 2 is 0.548 bits per heavy atom. The van der Waals surface area contributed by atoms with Crippen molar-refractivity contribution in [3.63, 3.8) is 0 Å². The molecule has 0 aromatic rings. The molecule has 1 aliphatic rings. The first kappa shape index (κ1) is 40.6. The van der Waals surface area contributed by atoms with E-state index in [0.29, 0.717) is 0 Å². The van der Waals surface area contributed by atoms with Crippen LogP contribution in [-0.4, -0.2) is 72.1 Å². The first-order chi connectivity index (χ1) is 20.9. The first-order valence-corrected chi connectivity index (χ1v) is 21.8. The zero-order chi connectivity index (χ0) is 30.0. The Kier molecular flexibility index (Phi) is 33.4. The van der Waals surface area contributed by atoms with E-state index >= 15 is 0 Å². The lowest BCUT2D eigenvalue weighted by molar-refractivity contribution is 0.129. The van der Waals surface area contributed by atoms with Gasteiger partial charge in [-0.05, 0) is 74.6 Å². The van der Waals surface area contributed by atoms with Gasteiger partial charge < -0.3 is 9.80 Å². The third-order valence-electron chi connectivity index (χ3n) is 9.28. The van der Waals surface area contributed by atoms with Crippen LogP contribution in [0, 0.1) is 0 Å². The van der Waals surface area contributed by atoms with Gasteiger partial charge >= 0.3 is 0 Å². The standard InChI is InChI=1S/C38H78N2S2/c1-3-5-7-9-11-13-15-19-25-35-41-37-27-21-17-23-29-39-31-33-40(34-32-39)30-24-18-22-28-38-42-36-26-20-16-14-12-10-8-6-4-2/h3-38H2,1-2H3. The lowest BCUT2D eigenvalue weighted by Gasteiger charge is -2.34. The quantitative estimate of drug-likeness (QED) is 0.0655. The molecule has 42 heavy (non-hydrogen) atoms. The second kappa shape index (κ2) is 34.5. The van der Waals surface area contributed by atoms with E-state index in [2.05, 4.69) is 47.2 Å². The number of hydrogen-bond acceptors (Lipinski definition) is 4. The van der Waals surface area contributed by atoms with Crippen LogP contribution >= 0.6 is 23.5 Å². The molecule has 4 heteroatoms. The molecular weight excluding hydrogens is 549 g/mol. The van der Waals surface area contributed by atoms with Gasteiger partial charge in [-0.25, -0.2) is 0 Å². The van der Waals surface area contributed by atoms with E-state index in [1.165, 1.54) is 229 Å². The lowest BCUT2D eigenvalue weighted by atomic mass is 10.1. The minimum Gasteiger partial charge on any atom is -0.301 e. The molecule has 0 bridgehead atoms. The van der Waals surface area contributed by atoms with E-state index in [0.717, 1.165) is 0 Å².